The average Bonchev–Trinajstić information content (AvgIpc) is 3.23. The third-order valence-corrected chi connectivity index (χ3v) is 3.42. The Balaban J connectivity index is 2.15. The second kappa shape index (κ2) is 5.94. The number of hydrogen-bond donors (Lipinski definition) is 1. The van der Waals surface area contributed by atoms with E-state index in [1.165, 1.54) is 0 Å². The standard InChI is InChI=1S/C15H20N2O3/c1-16(2)12-5-7-13(8-6-12)17(10-9-14(18)19)15(20)11-3-4-11/h5-8,11H,3-4,9-10H2,1-2H3,(H,18,19). The van der Waals surface area contributed by atoms with E-state index in [1.807, 2.05) is 43.3 Å². The monoisotopic (exact) mass is 276 g/mol. The molecule has 5 heteroatoms. The molecule has 1 amide bonds. The van der Waals surface area contributed by atoms with Gasteiger partial charge in [-0.25, -0.2) is 0 Å². The van der Waals surface area contributed by atoms with Crippen molar-refractivity contribution in [2.45, 2.75) is 19.3 Å². The summed E-state index contributed by atoms with van der Waals surface area (Å²) >= 11 is 0. The minimum atomic E-state index is -0.886. The van der Waals surface area contributed by atoms with Gasteiger partial charge in [0.15, 0.2) is 0 Å². The lowest BCUT2D eigenvalue weighted by molar-refractivity contribution is -0.136. The zero-order valence-corrected chi connectivity index (χ0v) is 11.9. The van der Waals surface area contributed by atoms with Gasteiger partial charge in [-0.05, 0) is 37.1 Å². The predicted molar refractivity (Wildman–Crippen MR) is 78.1 cm³/mol. The number of aliphatic carboxylic acids is 1. The number of carbonyl (C=O) groups is 2. The van der Waals surface area contributed by atoms with E-state index >= 15 is 0 Å². The molecular weight excluding hydrogens is 256 g/mol. The molecule has 0 heterocycles. The fourth-order valence-electron chi connectivity index (χ4n) is 2.06. The Morgan fingerprint density at radius 1 is 1.15 bits per heavy atom. The Kier molecular flexibility index (Phi) is 4.27. The van der Waals surface area contributed by atoms with Gasteiger partial charge in [0.05, 0.1) is 6.42 Å². The van der Waals surface area contributed by atoms with Gasteiger partial charge in [-0.2, -0.15) is 0 Å². The number of carboxylic acids is 1. The smallest absolute Gasteiger partial charge is 0.305 e. The molecule has 0 atom stereocenters. The van der Waals surface area contributed by atoms with Gasteiger partial charge in [0.1, 0.15) is 0 Å². The van der Waals surface area contributed by atoms with Gasteiger partial charge < -0.3 is 14.9 Å². The summed E-state index contributed by atoms with van der Waals surface area (Å²) in [7, 11) is 3.90. The highest BCUT2D eigenvalue weighted by Crippen LogP contribution is 2.33. The molecule has 0 unspecified atom stereocenters. The van der Waals surface area contributed by atoms with Crippen LogP contribution in [0.5, 0.6) is 0 Å². The summed E-state index contributed by atoms with van der Waals surface area (Å²) < 4.78 is 0. The van der Waals surface area contributed by atoms with Crippen molar-refractivity contribution in [3.8, 4) is 0 Å². The maximum Gasteiger partial charge on any atom is 0.305 e. The molecule has 1 aromatic carbocycles. The van der Waals surface area contributed by atoms with Crippen LogP contribution in [0.25, 0.3) is 0 Å². The number of rotatable bonds is 6. The van der Waals surface area contributed by atoms with E-state index in [2.05, 4.69) is 0 Å². The van der Waals surface area contributed by atoms with E-state index in [9.17, 15) is 9.59 Å². The summed E-state index contributed by atoms with van der Waals surface area (Å²) in [4.78, 5) is 26.6. The number of benzene rings is 1. The Labute approximate surface area is 118 Å². The van der Waals surface area contributed by atoms with E-state index in [4.69, 9.17) is 5.11 Å². The molecule has 0 spiro atoms. The molecular formula is C15H20N2O3. The molecule has 0 radical (unpaired) electrons. The third kappa shape index (κ3) is 3.50. The molecule has 20 heavy (non-hydrogen) atoms. The SMILES string of the molecule is CN(C)c1ccc(N(CCC(=O)O)C(=O)C2CC2)cc1. The minimum absolute atomic E-state index is 0.0338. The molecule has 1 N–H and O–H groups in total. The Bertz CT molecular complexity index is 492. The molecule has 5 nitrogen and oxygen atoms in total. The topological polar surface area (TPSA) is 60.9 Å². The van der Waals surface area contributed by atoms with Gasteiger partial charge >= 0.3 is 5.97 Å². The maximum absolute atomic E-state index is 12.3. The zero-order chi connectivity index (χ0) is 14.7. The van der Waals surface area contributed by atoms with Gasteiger partial charge in [-0.3, -0.25) is 9.59 Å². The Morgan fingerprint density at radius 3 is 2.15 bits per heavy atom. The van der Waals surface area contributed by atoms with Crippen molar-refractivity contribution < 1.29 is 14.7 Å². The highest BCUT2D eigenvalue weighted by molar-refractivity contribution is 5.97. The van der Waals surface area contributed by atoms with E-state index in [1.54, 1.807) is 4.90 Å². The Hall–Kier alpha value is -2.04. The third-order valence-electron chi connectivity index (χ3n) is 3.42. The molecule has 1 aliphatic carbocycles. The summed E-state index contributed by atoms with van der Waals surface area (Å²) in [6.45, 7) is 0.228. The van der Waals surface area contributed by atoms with Gasteiger partial charge in [0.2, 0.25) is 5.91 Å². The summed E-state index contributed by atoms with van der Waals surface area (Å²) in [5.41, 5.74) is 1.82. The zero-order valence-electron chi connectivity index (χ0n) is 11.9. The number of nitrogens with zero attached hydrogens (tertiary/aromatic N) is 2. The minimum Gasteiger partial charge on any atom is -0.481 e. The van der Waals surface area contributed by atoms with Crippen molar-refractivity contribution in [3.05, 3.63) is 24.3 Å². The second-order valence-electron chi connectivity index (χ2n) is 5.32. The lowest BCUT2D eigenvalue weighted by Crippen LogP contribution is -2.34. The van der Waals surface area contributed by atoms with E-state index in [0.717, 1.165) is 24.2 Å². The van der Waals surface area contributed by atoms with Crippen molar-refractivity contribution in [2.24, 2.45) is 5.92 Å². The lowest BCUT2D eigenvalue weighted by Gasteiger charge is -2.23. The van der Waals surface area contributed by atoms with Crippen molar-refractivity contribution >= 4 is 23.3 Å². The van der Waals surface area contributed by atoms with E-state index < -0.39 is 5.97 Å². The summed E-state index contributed by atoms with van der Waals surface area (Å²) in [6.07, 6.45) is 1.80. The average molecular weight is 276 g/mol. The fourth-order valence-corrected chi connectivity index (χ4v) is 2.06. The van der Waals surface area contributed by atoms with Crippen LogP contribution in [0.2, 0.25) is 0 Å². The number of hydrogen-bond acceptors (Lipinski definition) is 3. The van der Waals surface area contributed by atoms with Crippen LogP contribution in [0.4, 0.5) is 11.4 Å². The number of amides is 1. The largest absolute Gasteiger partial charge is 0.481 e. The van der Waals surface area contributed by atoms with Crippen LogP contribution in [-0.2, 0) is 9.59 Å². The lowest BCUT2D eigenvalue weighted by atomic mass is 10.2. The highest BCUT2D eigenvalue weighted by Gasteiger charge is 2.34. The summed E-state index contributed by atoms with van der Waals surface area (Å²) in [5.74, 6) is -0.760. The van der Waals surface area contributed by atoms with Gasteiger partial charge in [-0.1, -0.05) is 0 Å². The first kappa shape index (κ1) is 14.4. The van der Waals surface area contributed by atoms with Crippen molar-refractivity contribution in [1.82, 2.24) is 0 Å². The number of anilines is 2. The number of carboxylic acid groups (broad SMARTS) is 1. The van der Waals surface area contributed by atoms with E-state index in [0.29, 0.717) is 0 Å². The van der Waals surface area contributed by atoms with Crippen molar-refractivity contribution in [2.75, 3.05) is 30.4 Å². The first-order valence-electron chi connectivity index (χ1n) is 6.79. The molecule has 1 aromatic rings. The van der Waals surface area contributed by atoms with Crippen LogP contribution in [-0.4, -0.2) is 37.6 Å². The molecule has 1 saturated carbocycles. The first-order valence-corrected chi connectivity index (χ1v) is 6.79. The molecule has 0 aromatic heterocycles. The van der Waals surface area contributed by atoms with Crippen LogP contribution < -0.4 is 9.80 Å². The van der Waals surface area contributed by atoms with Crippen molar-refractivity contribution in [1.29, 1.82) is 0 Å². The molecule has 108 valence electrons. The maximum atomic E-state index is 12.3. The van der Waals surface area contributed by atoms with Crippen LogP contribution in [0.1, 0.15) is 19.3 Å². The van der Waals surface area contributed by atoms with E-state index in [-0.39, 0.29) is 24.8 Å². The van der Waals surface area contributed by atoms with Crippen LogP contribution >= 0.6 is 0 Å². The highest BCUT2D eigenvalue weighted by atomic mass is 16.4. The Morgan fingerprint density at radius 2 is 1.70 bits per heavy atom. The first-order chi connectivity index (χ1) is 9.49. The van der Waals surface area contributed by atoms with Crippen LogP contribution in [0.15, 0.2) is 24.3 Å². The van der Waals surface area contributed by atoms with Gasteiger partial charge in [-0.15, -0.1) is 0 Å². The second-order valence-corrected chi connectivity index (χ2v) is 5.32. The molecule has 1 aliphatic rings. The molecule has 0 aliphatic heterocycles. The molecule has 2 rings (SSSR count). The summed E-state index contributed by atoms with van der Waals surface area (Å²) in [6, 6.07) is 7.61. The van der Waals surface area contributed by atoms with Crippen LogP contribution in [0, 0.1) is 5.92 Å². The number of carbonyl (C=O) groups excluding carboxylic acids is 1. The molecule has 1 fully saturated rings. The molecule has 0 bridgehead atoms. The normalized spacial score (nSPS) is 13.9. The van der Waals surface area contributed by atoms with Gasteiger partial charge in [0.25, 0.3) is 0 Å². The van der Waals surface area contributed by atoms with Crippen molar-refractivity contribution in [3.63, 3.8) is 0 Å². The predicted octanol–water partition coefficient (Wildman–Crippen LogP) is 1.97. The molecule has 0 saturated heterocycles. The van der Waals surface area contributed by atoms with Crippen LogP contribution in [0.3, 0.4) is 0 Å². The quantitative estimate of drug-likeness (QED) is 0.863. The van der Waals surface area contributed by atoms with Gasteiger partial charge in [0, 0.05) is 37.9 Å². The fraction of sp³-hybridized carbons (Fsp3) is 0.467. The summed E-state index contributed by atoms with van der Waals surface area (Å²) in [5, 5.41) is 8.82.